The summed E-state index contributed by atoms with van der Waals surface area (Å²) in [6.45, 7) is 9.97. The van der Waals surface area contributed by atoms with Crippen molar-refractivity contribution in [1.82, 2.24) is 40.3 Å². The minimum atomic E-state index is -0.937. The molecule has 18 nitrogen and oxygen atoms in total. The number of terminal acetylenes is 1. The number of halogens is 2. The molecule has 20 heteroatoms. The lowest BCUT2D eigenvalue weighted by molar-refractivity contribution is -0.136. The van der Waals surface area contributed by atoms with Crippen molar-refractivity contribution in [2.75, 3.05) is 69.7 Å². The van der Waals surface area contributed by atoms with E-state index in [2.05, 4.69) is 60.2 Å². The zero-order chi connectivity index (χ0) is 51.6. The van der Waals surface area contributed by atoms with Crippen LogP contribution in [0.4, 0.5) is 20.3 Å². The Bertz CT molecular complexity index is 3220. The molecule has 0 spiro atoms. The van der Waals surface area contributed by atoms with Gasteiger partial charge >= 0.3 is 6.01 Å². The van der Waals surface area contributed by atoms with E-state index in [1.165, 1.54) is 30.5 Å². The summed E-state index contributed by atoms with van der Waals surface area (Å²) < 4.78 is 43.3. The first-order valence-corrected chi connectivity index (χ1v) is 24.9. The second-order valence-corrected chi connectivity index (χ2v) is 20.5. The third kappa shape index (κ3) is 8.71. The molecule has 9 heterocycles. The van der Waals surface area contributed by atoms with Crippen molar-refractivity contribution in [3.63, 3.8) is 0 Å². The van der Waals surface area contributed by atoms with E-state index in [9.17, 15) is 33.5 Å². The van der Waals surface area contributed by atoms with Crippen LogP contribution in [0.1, 0.15) is 71.2 Å². The molecule has 4 N–H and O–H groups in total. The van der Waals surface area contributed by atoms with Gasteiger partial charge in [0, 0.05) is 92.6 Å². The van der Waals surface area contributed by atoms with Crippen LogP contribution in [-0.2, 0) is 19.1 Å². The Morgan fingerprint density at radius 2 is 1.81 bits per heavy atom. The van der Waals surface area contributed by atoms with Crippen molar-refractivity contribution in [1.29, 1.82) is 0 Å². The standard InChI is InChI=1S/C36H34F2N6O4.C18H20N4O4/c1-3-26-29(37)7-4-21-10-25(46)11-27(30(21)26)32-31(38)33-28(13-39-32)34(43-15-22-5-6-23(16-43)40-22)42-35(41-33)48-18-36-9-8-24(17-47-19-45)44(36)14-20(2)12-36;1-21-8-10(9-21)7-19-12-4-2-3-11-15(12)18(26)22(17(11)25)13-5-6-14(23)20-16(13)24/h1,4,7,10-11,13,19,22-24,40,46H,2,5-6,8-9,12,14-18H2;2-4,10,13,19H,5-9H2,1H3,(H,20,23,24). The van der Waals surface area contributed by atoms with E-state index in [4.69, 9.17) is 20.9 Å². The first-order valence-electron chi connectivity index (χ1n) is 24.9. The van der Waals surface area contributed by atoms with Crippen molar-refractivity contribution in [3.05, 3.63) is 89.1 Å². The van der Waals surface area contributed by atoms with Gasteiger partial charge in [0.05, 0.1) is 27.6 Å². The molecule has 0 saturated carbocycles. The molecule has 2 aromatic heterocycles. The van der Waals surface area contributed by atoms with Crippen molar-refractivity contribution < 1.29 is 47.3 Å². The summed E-state index contributed by atoms with van der Waals surface area (Å²) in [5, 5.41) is 20.8. The molecule has 0 radical (unpaired) electrons. The van der Waals surface area contributed by atoms with Crippen LogP contribution >= 0.6 is 0 Å². The molecule has 7 aliphatic rings. The summed E-state index contributed by atoms with van der Waals surface area (Å²) in [7, 11) is 2.05. The molecule has 7 aliphatic heterocycles. The van der Waals surface area contributed by atoms with Crippen LogP contribution in [0, 0.1) is 29.9 Å². The molecule has 5 aromatic rings. The van der Waals surface area contributed by atoms with Gasteiger partial charge in [-0.15, -0.1) is 6.42 Å². The van der Waals surface area contributed by atoms with Gasteiger partial charge in [0.15, 0.2) is 5.82 Å². The van der Waals surface area contributed by atoms with E-state index in [0.717, 1.165) is 55.8 Å². The lowest BCUT2D eigenvalue weighted by Crippen LogP contribution is -2.54. The Morgan fingerprint density at radius 1 is 1.01 bits per heavy atom. The Balaban J connectivity index is 0.000000190. The van der Waals surface area contributed by atoms with Gasteiger partial charge in [-0.2, -0.15) is 9.97 Å². The number of aromatic hydroxyl groups is 1. The van der Waals surface area contributed by atoms with Crippen molar-refractivity contribution in [2.24, 2.45) is 5.92 Å². The van der Waals surface area contributed by atoms with E-state index in [0.29, 0.717) is 71.8 Å². The van der Waals surface area contributed by atoms with Gasteiger partial charge < -0.3 is 35.0 Å². The largest absolute Gasteiger partial charge is 0.508 e. The maximum atomic E-state index is 16.9. The highest BCUT2D eigenvalue weighted by Crippen LogP contribution is 2.45. The van der Waals surface area contributed by atoms with Gasteiger partial charge in [-0.05, 0) is 81.3 Å². The van der Waals surface area contributed by atoms with Crippen molar-refractivity contribution in [3.8, 4) is 35.4 Å². The molecule has 382 valence electrons. The number of piperidine rings is 1. The van der Waals surface area contributed by atoms with Crippen LogP contribution in [-0.4, -0.2) is 154 Å². The third-order valence-electron chi connectivity index (χ3n) is 15.6. The topological polar surface area (TPSA) is 212 Å². The second-order valence-electron chi connectivity index (χ2n) is 20.5. The average Bonchev–Trinajstić information content (AvgIpc) is 4.08. The number of likely N-dealkylation sites (tertiary alicyclic amines) is 1. The Labute approximate surface area is 424 Å². The first kappa shape index (κ1) is 48.7. The molecule has 5 atom stereocenters. The number of piperazine rings is 1. The number of amides is 4. The van der Waals surface area contributed by atoms with Crippen LogP contribution in [0.3, 0.4) is 0 Å². The Kier molecular flexibility index (Phi) is 12.7. The fourth-order valence-corrected chi connectivity index (χ4v) is 12.2. The SMILES string of the molecule is C#Cc1c(F)ccc2cc(O)cc(-c3ncc4c(N5CC6CCC(C5)N6)nc(OCC56CCC(COC=O)N5CC(=C)C6)nc4c3F)c12.CN1CC(CNc2cccc3c2C(=O)N(C2CCC(=O)NC2=O)C3=O)C1. The van der Waals surface area contributed by atoms with Gasteiger partial charge in [-0.3, -0.25) is 44.1 Å². The van der Waals surface area contributed by atoms with Gasteiger partial charge in [-0.25, -0.2) is 8.78 Å². The van der Waals surface area contributed by atoms with Crippen molar-refractivity contribution >= 4 is 63.3 Å². The lowest BCUT2D eigenvalue weighted by Gasteiger charge is -2.36. The number of carbonyl (C=O) groups is 5. The highest BCUT2D eigenvalue weighted by atomic mass is 19.1. The van der Waals surface area contributed by atoms with Gasteiger partial charge in [0.2, 0.25) is 11.8 Å². The normalized spacial score (nSPS) is 24.6. The number of phenols is 1. The quantitative estimate of drug-likeness (QED) is 0.0586. The van der Waals surface area contributed by atoms with Gasteiger partial charge in [0.25, 0.3) is 18.3 Å². The number of rotatable bonds is 12. The number of carbonyl (C=O) groups excluding carboxylic acids is 5. The van der Waals surface area contributed by atoms with E-state index in [1.807, 2.05) is 0 Å². The molecule has 6 saturated heterocycles. The molecule has 2 bridgehead atoms. The smallest absolute Gasteiger partial charge is 0.319 e. The molecule has 74 heavy (non-hydrogen) atoms. The first-order chi connectivity index (χ1) is 35.7. The van der Waals surface area contributed by atoms with Crippen LogP contribution in [0.15, 0.2) is 60.8 Å². The maximum Gasteiger partial charge on any atom is 0.319 e. The van der Waals surface area contributed by atoms with Gasteiger partial charge in [-0.1, -0.05) is 30.2 Å². The summed E-state index contributed by atoms with van der Waals surface area (Å²) in [6.07, 6.45) is 11.9. The number of aromatic nitrogens is 3. The number of phenolic OH excluding ortho intramolecular Hbond substituents is 1. The van der Waals surface area contributed by atoms with E-state index < -0.39 is 35.4 Å². The Morgan fingerprint density at radius 3 is 2.55 bits per heavy atom. The van der Waals surface area contributed by atoms with Crippen LogP contribution < -0.4 is 25.6 Å². The number of anilines is 2. The summed E-state index contributed by atoms with van der Waals surface area (Å²) in [5.41, 5.74) is 1.88. The lowest BCUT2D eigenvalue weighted by atomic mass is 9.94. The Hall–Kier alpha value is -7.60. The minimum Gasteiger partial charge on any atom is -0.508 e. The number of imide groups is 2. The number of pyridine rings is 1. The zero-order valence-corrected chi connectivity index (χ0v) is 40.7. The fraction of sp³-hybridized carbons (Fsp3) is 0.407. The number of benzene rings is 3. The maximum absolute atomic E-state index is 16.9. The number of fused-ring (bicyclic) bond motifs is 6. The van der Waals surface area contributed by atoms with Crippen LogP contribution in [0.5, 0.6) is 11.8 Å². The molecule has 0 aliphatic carbocycles. The van der Waals surface area contributed by atoms with E-state index in [1.54, 1.807) is 18.2 Å². The molecule has 3 aromatic carbocycles. The van der Waals surface area contributed by atoms with Crippen molar-refractivity contribution in [2.45, 2.75) is 74.7 Å². The number of ether oxygens (including phenoxy) is 2. The van der Waals surface area contributed by atoms with Crippen LogP contribution in [0.25, 0.3) is 32.9 Å². The molecule has 5 unspecified atom stereocenters. The fourth-order valence-electron chi connectivity index (χ4n) is 12.2. The number of hydrogen-bond donors (Lipinski definition) is 4. The van der Waals surface area contributed by atoms with E-state index in [-0.39, 0.29) is 95.1 Å². The van der Waals surface area contributed by atoms with Gasteiger partial charge in [0.1, 0.15) is 47.9 Å². The zero-order valence-electron chi connectivity index (χ0n) is 40.7. The number of hydrogen-bond acceptors (Lipinski definition) is 16. The predicted octanol–water partition coefficient (Wildman–Crippen LogP) is 4.53. The minimum absolute atomic E-state index is 0.00472. The highest BCUT2D eigenvalue weighted by molar-refractivity contribution is 6.25. The summed E-state index contributed by atoms with van der Waals surface area (Å²) in [6, 6.07) is 10.3. The summed E-state index contributed by atoms with van der Waals surface area (Å²) in [4.78, 5) is 81.6. The molecular formula is C54H54F2N10O8. The predicted molar refractivity (Wildman–Crippen MR) is 268 cm³/mol. The molecular weight excluding hydrogens is 955 g/mol. The molecule has 4 amide bonds. The summed E-state index contributed by atoms with van der Waals surface area (Å²) >= 11 is 0. The highest BCUT2D eigenvalue weighted by Gasteiger charge is 2.52. The third-order valence-corrected chi connectivity index (χ3v) is 15.6. The van der Waals surface area contributed by atoms with Crippen LogP contribution in [0.2, 0.25) is 0 Å². The second kappa shape index (κ2) is 19.3. The number of nitrogens with one attached hydrogen (secondary N) is 3. The number of nitrogens with zero attached hydrogens (tertiary/aromatic N) is 7. The molecule has 12 rings (SSSR count). The monoisotopic (exact) mass is 1010 g/mol. The summed E-state index contributed by atoms with van der Waals surface area (Å²) in [5.74, 6) is -0.0689. The van der Waals surface area contributed by atoms with E-state index >= 15 is 4.39 Å². The molecule has 6 fully saturated rings. The average molecular weight is 1010 g/mol.